The first-order chi connectivity index (χ1) is 7.30. The van der Waals surface area contributed by atoms with E-state index in [1.54, 1.807) is 6.92 Å². The lowest BCUT2D eigenvalue weighted by atomic mass is 10.6. The quantitative estimate of drug-likeness (QED) is 0.317. The smallest absolute Gasteiger partial charge is 0.211 e. The van der Waals surface area contributed by atoms with Crippen LogP contribution >= 0.6 is 24.0 Å². The van der Waals surface area contributed by atoms with E-state index in [1.807, 2.05) is 38.0 Å². The summed E-state index contributed by atoms with van der Waals surface area (Å²) in [5, 5.41) is 0. The molecule has 1 N–H and O–H groups in total. The standard InChI is InChI=1S/C9H22N4O2S.HI/c1-6-16(14,15)11-8-7-10-9(12(2)3)13(4)5;/h11H,6-8H2,1-5H3;1H. The van der Waals surface area contributed by atoms with Gasteiger partial charge in [0.15, 0.2) is 5.96 Å². The van der Waals surface area contributed by atoms with Crippen molar-refractivity contribution in [1.82, 2.24) is 14.5 Å². The number of sulfonamides is 1. The van der Waals surface area contributed by atoms with E-state index < -0.39 is 10.0 Å². The van der Waals surface area contributed by atoms with Gasteiger partial charge in [0.25, 0.3) is 0 Å². The summed E-state index contributed by atoms with van der Waals surface area (Å²) >= 11 is 0. The van der Waals surface area contributed by atoms with Crippen molar-refractivity contribution in [2.45, 2.75) is 6.92 Å². The van der Waals surface area contributed by atoms with Crippen molar-refractivity contribution >= 4 is 40.0 Å². The fraction of sp³-hybridized carbons (Fsp3) is 0.889. The lowest BCUT2D eigenvalue weighted by Gasteiger charge is -2.22. The fourth-order valence-electron chi connectivity index (χ4n) is 1.14. The van der Waals surface area contributed by atoms with Gasteiger partial charge in [-0.1, -0.05) is 0 Å². The van der Waals surface area contributed by atoms with Gasteiger partial charge < -0.3 is 9.80 Å². The van der Waals surface area contributed by atoms with Gasteiger partial charge in [-0.15, -0.1) is 24.0 Å². The molecule has 104 valence electrons. The third-order valence-corrected chi connectivity index (χ3v) is 3.27. The molecule has 0 heterocycles. The lowest BCUT2D eigenvalue weighted by molar-refractivity contribution is 0.479. The van der Waals surface area contributed by atoms with Gasteiger partial charge in [-0.25, -0.2) is 13.1 Å². The molecule has 8 heteroatoms. The summed E-state index contributed by atoms with van der Waals surface area (Å²) in [6.07, 6.45) is 0. The Hall–Kier alpha value is -0.0900. The number of halogens is 1. The number of aliphatic imine (C=N–C) groups is 1. The van der Waals surface area contributed by atoms with Crippen molar-refractivity contribution < 1.29 is 8.42 Å². The largest absolute Gasteiger partial charge is 0.349 e. The van der Waals surface area contributed by atoms with Gasteiger partial charge in [-0.3, -0.25) is 4.99 Å². The third kappa shape index (κ3) is 8.61. The molecule has 0 saturated carbocycles. The summed E-state index contributed by atoms with van der Waals surface area (Å²) in [6.45, 7) is 2.38. The zero-order valence-electron chi connectivity index (χ0n) is 11.1. The highest BCUT2D eigenvalue weighted by atomic mass is 127. The van der Waals surface area contributed by atoms with Crippen molar-refractivity contribution in [2.75, 3.05) is 47.0 Å². The molecule has 0 unspecified atom stereocenters. The first-order valence-corrected chi connectivity index (χ1v) is 6.81. The summed E-state index contributed by atoms with van der Waals surface area (Å²) in [5.41, 5.74) is 0. The van der Waals surface area contributed by atoms with Crippen LogP contribution in [0.15, 0.2) is 4.99 Å². The number of nitrogens with zero attached hydrogens (tertiary/aromatic N) is 3. The zero-order valence-corrected chi connectivity index (χ0v) is 14.2. The summed E-state index contributed by atoms with van der Waals surface area (Å²) in [6, 6.07) is 0. The van der Waals surface area contributed by atoms with Crippen molar-refractivity contribution in [3.05, 3.63) is 0 Å². The molecule has 0 rings (SSSR count). The second-order valence-electron chi connectivity index (χ2n) is 3.77. The second kappa shape index (κ2) is 8.92. The molecule has 0 aromatic carbocycles. The Morgan fingerprint density at radius 2 is 1.65 bits per heavy atom. The van der Waals surface area contributed by atoms with E-state index >= 15 is 0 Å². The van der Waals surface area contributed by atoms with Crippen LogP contribution < -0.4 is 4.72 Å². The molecule has 0 saturated heterocycles. The van der Waals surface area contributed by atoms with Crippen LogP contribution in [0.3, 0.4) is 0 Å². The molecule has 17 heavy (non-hydrogen) atoms. The maximum Gasteiger partial charge on any atom is 0.211 e. The Morgan fingerprint density at radius 3 is 2.00 bits per heavy atom. The number of hydrogen-bond acceptors (Lipinski definition) is 3. The van der Waals surface area contributed by atoms with E-state index in [0.29, 0.717) is 13.1 Å². The van der Waals surface area contributed by atoms with Gasteiger partial charge in [0.1, 0.15) is 0 Å². The van der Waals surface area contributed by atoms with Crippen LogP contribution in [0.5, 0.6) is 0 Å². The molecule has 0 amide bonds. The molecule has 0 aliphatic heterocycles. The summed E-state index contributed by atoms with van der Waals surface area (Å²) in [4.78, 5) is 8.07. The van der Waals surface area contributed by atoms with E-state index in [0.717, 1.165) is 5.96 Å². The molecule has 0 aliphatic rings. The van der Waals surface area contributed by atoms with Crippen LogP contribution in [0.4, 0.5) is 0 Å². The number of guanidine groups is 1. The average Bonchev–Trinajstić information content (AvgIpc) is 2.16. The van der Waals surface area contributed by atoms with Crippen molar-refractivity contribution in [2.24, 2.45) is 4.99 Å². The highest BCUT2D eigenvalue weighted by Gasteiger charge is 2.06. The van der Waals surface area contributed by atoms with Gasteiger partial charge in [0.05, 0.1) is 12.3 Å². The maximum absolute atomic E-state index is 11.1. The molecular formula is C9H23IN4O2S. The molecule has 6 nitrogen and oxygen atoms in total. The van der Waals surface area contributed by atoms with E-state index in [4.69, 9.17) is 0 Å². The molecule has 0 fully saturated rings. The summed E-state index contributed by atoms with van der Waals surface area (Å²) in [5.74, 6) is 0.918. The normalized spacial score (nSPS) is 10.4. The number of hydrogen-bond donors (Lipinski definition) is 1. The Bertz CT molecular complexity index is 318. The van der Waals surface area contributed by atoms with Gasteiger partial charge in [0.2, 0.25) is 10.0 Å². The lowest BCUT2D eigenvalue weighted by Crippen LogP contribution is -2.36. The Kier molecular flexibility index (Phi) is 10.1. The molecular weight excluding hydrogens is 355 g/mol. The van der Waals surface area contributed by atoms with E-state index in [9.17, 15) is 8.42 Å². The van der Waals surface area contributed by atoms with Crippen molar-refractivity contribution in [1.29, 1.82) is 0 Å². The van der Waals surface area contributed by atoms with Crippen molar-refractivity contribution in [3.63, 3.8) is 0 Å². The molecule has 0 radical (unpaired) electrons. The minimum atomic E-state index is -3.10. The van der Waals surface area contributed by atoms with Crippen LogP contribution in [0.2, 0.25) is 0 Å². The highest BCUT2D eigenvalue weighted by molar-refractivity contribution is 14.0. The molecule has 0 bridgehead atoms. The monoisotopic (exact) mass is 378 g/mol. The second-order valence-corrected chi connectivity index (χ2v) is 5.86. The van der Waals surface area contributed by atoms with Crippen molar-refractivity contribution in [3.8, 4) is 0 Å². The van der Waals surface area contributed by atoms with Crippen LogP contribution in [-0.2, 0) is 10.0 Å². The maximum atomic E-state index is 11.1. The van der Waals surface area contributed by atoms with Crippen LogP contribution in [0.1, 0.15) is 6.92 Å². The number of nitrogens with one attached hydrogen (secondary N) is 1. The minimum absolute atomic E-state index is 0. The van der Waals surface area contributed by atoms with E-state index in [2.05, 4.69) is 9.71 Å². The third-order valence-electron chi connectivity index (χ3n) is 1.87. The zero-order chi connectivity index (χ0) is 12.8. The van der Waals surface area contributed by atoms with Gasteiger partial charge in [-0.05, 0) is 6.92 Å². The molecule has 0 spiro atoms. The molecule has 0 aromatic rings. The highest BCUT2D eigenvalue weighted by Crippen LogP contribution is 1.89. The SMILES string of the molecule is CCS(=O)(=O)NCCN=C(N(C)C)N(C)C.I. The van der Waals surface area contributed by atoms with Gasteiger partial charge in [0, 0.05) is 34.7 Å². The van der Waals surface area contributed by atoms with Crippen LogP contribution in [-0.4, -0.2) is 71.2 Å². The predicted octanol–water partition coefficient (Wildman–Crippen LogP) is 0.0229. The van der Waals surface area contributed by atoms with Crippen LogP contribution in [0, 0.1) is 0 Å². The topological polar surface area (TPSA) is 65.0 Å². The molecule has 0 aromatic heterocycles. The molecule has 0 aliphatic carbocycles. The van der Waals surface area contributed by atoms with Crippen LogP contribution in [0.25, 0.3) is 0 Å². The predicted molar refractivity (Wildman–Crippen MR) is 82.6 cm³/mol. The van der Waals surface area contributed by atoms with E-state index in [1.165, 1.54) is 0 Å². The average molecular weight is 378 g/mol. The summed E-state index contributed by atoms with van der Waals surface area (Å²) in [7, 11) is 4.49. The molecule has 0 atom stereocenters. The van der Waals surface area contributed by atoms with E-state index in [-0.39, 0.29) is 29.7 Å². The minimum Gasteiger partial charge on any atom is -0.349 e. The Labute approximate surface area is 122 Å². The number of rotatable bonds is 5. The first-order valence-electron chi connectivity index (χ1n) is 5.16. The Morgan fingerprint density at radius 1 is 1.18 bits per heavy atom. The van der Waals surface area contributed by atoms with Gasteiger partial charge >= 0.3 is 0 Å². The van der Waals surface area contributed by atoms with Gasteiger partial charge in [-0.2, -0.15) is 0 Å². The summed E-state index contributed by atoms with van der Waals surface area (Å²) < 4.78 is 24.7. The first kappa shape index (κ1) is 19.3. The fourth-order valence-corrected chi connectivity index (χ4v) is 1.75. The Balaban J connectivity index is 0.